The first-order chi connectivity index (χ1) is 5.72. The van der Waals surface area contributed by atoms with Crippen molar-refractivity contribution in [3.05, 3.63) is 0 Å². The number of nitrogens with one attached hydrogen (secondary N) is 1. The average molecular weight is 169 g/mol. The summed E-state index contributed by atoms with van der Waals surface area (Å²) in [6.45, 7) is 1.68. The van der Waals surface area contributed by atoms with Gasteiger partial charge in [0, 0.05) is 19.4 Å². The molecular weight excluding hydrogens is 158 g/mol. The lowest BCUT2D eigenvalue weighted by Gasteiger charge is -2.17. The van der Waals surface area contributed by atoms with E-state index >= 15 is 0 Å². The fourth-order valence-electron chi connectivity index (χ4n) is 1.60. The van der Waals surface area contributed by atoms with Gasteiger partial charge in [-0.2, -0.15) is 0 Å². The van der Waals surface area contributed by atoms with E-state index in [1.807, 2.05) is 0 Å². The van der Waals surface area contributed by atoms with Crippen LogP contribution in [0.4, 0.5) is 0 Å². The predicted molar refractivity (Wildman–Crippen MR) is 42.5 cm³/mol. The number of carbonyl (C=O) groups is 1. The van der Waals surface area contributed by atoms with Crippen molar-refractivity contribution in [3.8, 4) is 0 Å². The maximum Gasteiger partial charge on any atom is 0.266 e. The largest absolute Gasteiger partial charge is 0.387 e. The molecule has 0 radical (unpaired) electrons. The minimum absolute atomic E-state index is 0.273. The van der Waals surface area contributed by atoms with Crippen LogP contribution < -0.4 is 11.1 Å². The normalized spacial score (nSPS) is 33.5. The number of rotatable bonds is 1. The summed E-state index contributed by atoms with van der Waals surface area (Å²) in [5, 5.41) is 6.84. The van der Waals surface area contributed by atoms with E-state index in [1.165, 1.54) is 0 Å². The molecule has 1 spiro atoms. The third-order valence-electron chi connectivity index (χ3n) is 2.33. The van der Waals surface area contributed by atoms with Gasteiger partial charge in [0.15, 0.2) is 5.60 Å². The Bertz CT molecular complexity index is 243. The first-order valence-electron chi connectivity index (χ1n) is 3.97. The van der Waals surface area contributed by atoms with E-state index in [-0.39, 0.29) is 5.60 Å². The predicted octanol–water partition coefficient (Wildman–Crippen LogP) is -1.02. The number of primary amides is 1. The van der Waals surface area contributed by atoms with Crippen molar-refractivity contribution in [3.63, 3.8) is 0 Å². The third-order valence-corrected chi connectivity index (χ3v) is 2.33. The second-order valence-electron chi connectivity index (χ2n) is 3.28. The van der Waals surface area contributed by atoms with Crippen molar-refractivity contribution in [2.75, 3.05) is 13.1 Å². The number of nitrogens with two attached hydrogens (primary N) is 1. The van der Waals surface area contributed by atoms with Gasteiger partial charge in [-0.05, 0) is 6.54 Å². The monoisotopic (exact) mass is 169 g/mol. The highest BCUT2D eigenvalue weighted by Crippen LogP contribution is 2.29. The molecule has 2 rings (SSSR count). The molecule has 1 atom stereocenters. The van der Waals surface area contributed by atoms with Crippen molar-refractivity contribution in [2.45, 2.75) is 18.4 Å². The van der Waals surface area contributed by atoms with Gasteiger partial charge >= 0.3 is 0 Å². The van der Waals surface area contributed by atoms with Crippen LogP contribution in [0, 0.1) is 0 Å². The maximum atomic E-state index is 10.7. The van der Waals surface area contributed by atoms with Crippen LogP contribution >= 0.6 is 0 Å². The van der Waals surface area contributed by atoms with E-state index in [4.69, 9.17) is 10.6 Å². The standard InChI is InChI=1S/C7H11N3O2/c8-6(11)5-3-7(12-10-5)1-2-9-4-7/h9H,1-4H2,(H2,8,11). The number of hydrogen-bond donors (Lipinski definition) is 2. The van der Waals surface area contributed by atoms with Crippen molar-refractivity contribution < 1.29 is 9.63 Å². The van der Waals surface area contributed by atoms with Crippen molar-refractivity contribution in [1.29, 1.82) is 0 Å². The highest BCUT2D eigenvalue weighted by Gasteiger charge is 2.43. The van der Waals surface area contributed by atoms with Gasteiger partial charge in [0.2, 0.25) is 0 Å². The van der Waals surface area contributed by atoms with Crippen LogP contribution in [0.2, 0.25) is 0 Å². The van der Waals surface area contributed by atoms with Gasteiger partial charge < -0.3 is 15.9 Å². The number of nitrogens with zero attached hydrogens (tertiary/aromatic N) is 1. The third kappa shape index (κ3) is 1.06. The van der Waals surface area contributed by atoms with Gasteiger partial charge in [-0.25, -0.2) is 0 Å². The molecule has 0 bridgehead atoms. The first-order valence-corrected chi connectivity index (χ1v) is 3.97. The summed E-state index contributed by atoms with van der Waals surface area (Å²) < 4.78 is 0. The number of hydrogen-bond acceptors (Lipinski definition) is 4. The molecule has 2 aliphatic heterocycles. The summed E-state index contributed by atoms with van der Waals surface area (Å²) in [6.07, 6.45) is 1.45. The fourth-order valence-corrected chi connectivity index (χ4v) is 1.60. The smallest absolute Gasteiger partial charge is 0.266 e. The Morgan fingerprint density at radius 2 is 2.58 bits per heavy atom. The second-order valence-corrected chi connectivity index (χ2v) is 3.28. The van der Waals surface area contributed by atoms with E-state index in [0.717, 1.165) is 19.5 Å². The van der Waals surface area contributed by atoms with Crippen LogP contribution in [0.15, 0.2) is 5.16 Å². The maximum absolute atomic E-state index is 10.7. The summed E-state index contributed by atoms with van der Waals surface area (Å²) in [7, 11) is 0. The van der Waals surface area contributed by atoms with Crippen LogP contribution in [-0.4, -0.2) is 30.3 Å². The van der Waals surface area contributed by atoms with E-state index in [1.54, 1.807) is 0 Å². The summed E-state index contributed by atoms with van der Waals surface area (Å²) in [6, 6.07) is 0. The van der Waals surface area contributed by atoms with Gasteiger partial charge in [0.1, 0.15) is 5.71 Å². The van der Waals surface area contributed by atoms with Gasteiger partial charge in [-0.15, -0.1) is 0 Å². The van der Waals surface area contributed by atoms with Crippen molar-refractivity contribution in [2.24, 2.45) is 10.9 Å². The molecule has 3 N–H and O–H groups in total. The van der Waals surface area contributed by atoms with Crippen molar-refractivity contribution in [1.82, 2.24) is 5.32 Å². The molecule has 1 amide bonds. The van der Waals surface area contributed by atoms with Gasteiger partial charge in [-0.1, -0.05) is 5.16 Å². The molecule has 0 aromatic rings. The average Bonchev–Trinajstić information content (AvgIpc) is 2.62. The van der Waals surface area contributed by atoms with Crippen LogP contribution in [0.1, 0.15) is 12.8 Å². The summed E-state index contributed by atoms with van der Waals surface area (Å²) in [5.41, 5.74) is 5.16. The molecule has 5 heteroatoms. The van der Waals surface area contributed by atoms with Crippen molar-refractivity contribution >= 4 is 11.6 Å². The Kier molecular flexibility index (Phi) is 1.54. The van der Waals surface area contributed by atoms with E-state index in [2.05, 4.69) is 10.5 Å². The number of carbonyl (C=O) groups excluding carboxylic acids is 1. The topological polar surface area (TPSA) is 76.7 Å². The molecule has 0 aliphatic carbocycles. The zero-order chi connectivity index (χ0) is 8.60. The molecule has 66 valence electrons. The molecule has 2 aliphatic rings. The first kappa shape index (κ1) is 7.54. The van der Waals surface area contributed by atoms with Crippen LogP contribution in [-0.2, 0) is 9.63 Å². The molecule has 1 fully saturated rings. The Morgan fingerprint density at radius 1 is 1.75 bits per heavy atom. The quantitative estimate of drug-likeness (QED) is 0.527. The molecule has 0 saturated carbocycles. The van der Waals surface area contributed by atoms with E-state index in [0.29, 0.717) is 12.1 Å². The molecular formula is C7H11N3O2. The van der Waals surface area contributed by atoms with Gasteiger partial charge in [-0.3, -0.25) is 4.79 Å². The van der Waals surface area contributed by atoms with Crippen LogP contribution in [0.25, 0.3) is 0 Å². The second kappa shape index (κ2) is 2.45. The Hall–Kier alpha value is -1.10. The molecule has 2 heterocycles. The van der Waals surface area contributed by atoms with Gasteiger partial charge in [0.05, 0.1) is 0 Å². The highest BCUT2D eigenvalue weighted by atomic mass is 16.7. The van der Waals surface area contributed by atoms with E-state index < -0.39 is 5.91 Å². The Balaban J connectivity index is 2.06. The zero-order valence-electron chi connectivity index (χ0n) is 6.67. The van der Waals surface area contributed by atoms with E-state index in [9.17, 15) is 4.79 Å². The summed E-state index contributed by atoms with van der Waals surface area (Å²) >= 11 is 0. The zero-order valence-corrected chi connectivity index (χ0v) is 6.67. The van der Waals surface area contributed by atoms with Crippen LogP contribution in [0.3, 0.4) is 0 Å². The summed E-state index contributed by atoms with van der Waals surface area (Å²) in [4.78, 5) is 15.9. The Morgan fingerprint density at radius 3 is 3.08 bits per heavy atom. The molecule has 0 aromatic carbocycles. The Labute approximate surface area is 69.9 Å². The minimum atomic E-state index is -0.473. The molecule has 0 aromatic heterocycles. The summed E-state index contributed by atoms with van der Waals surface area (Å²) in [5.74, 6) is -0.473. The number of amides is 1. The molecule has 1 unspecified atom stereocenters. The lowest BCUT2D eigenvalue weighted by atomic mass is 9.96. The van der Waals surface area contributed by atoms with Gasteiger partial charge in [0.25, 0.3) is 5.91 Å². The van der Waals surface area contributed by atoms with Crippen LogP contribution in [0.5, 0.6) is 0 Å². The lowest BCUT2D eigenvalue weighted by Crippen LogP contribution is -2.34. The number of oxime groups is 1. The highest BCUT2D eigenvalue weighted by molar-refractivity contribution is 6.38. The minimum Gasteiger partial charge on any atom is -0.387 e. The molecule has 12 heavy (non-hydrogen) atoms. The fraction of sp³-hybridized carbons (Fsp3) is 0.714. The SMILES string of the molecule is NC(=O)C1=NOC2(CCNC2)C1. The molecule has 1 saturated heterocycles. The molecule has 5 nitrogen and oxygen atoms in total. The lowest BCUT2D eigenvalue weighted by molar-refractivity contribution is -0.112.